The molecule has 5 nitrogen and oxygen atoms in total. The number of carbonyl (C=O) groups excluding carboxylic acids is 1. The first-order chi connectivity index (χ1) is 8.18. The average molecular weight is 242 g/mol. The Morgan fingerprint density at radius 1 is 1.06 bits per heavy atom. The predicted molar refractivity (Wildman–Crippen MR) is 64.8 cm³/mol. The van der Waals surface area contributed by atoms with Gasteiger partial charge in [-0.15, -0.1) is 0 Å². The maximum absolute atomic E-state index is 11.3. The minimum absolute atomic E-state index is 0.0317. The van der Waals surface area contributed by atoms with Crippen molar-refractivity contribution in [3.63, 3.8) is 0 Å². The largest absolute Gasteiger partial charge is 0.481 e. The Labute approximate surface area is 102 Å². The summed E-state index contributed by atoms with van der Waals surface area (Å²) in [6, 6.07) is -0.262. The van der Waals surface area contributed by atoms with Gasteiger partial charge >= 0.3 is 12.0 Å². The Morgan fingerprint density at radius 3 is 2.35 bits per heavy atom. The first-order valence-electron chi connectivity index (χ1n) is 6.42. The quantitative estimate of drug-likeness (QED) is 0.663. The predicted octanol–water partition coefficient (Wildman–Crippen LogP) is 1.73. The normalized spacial score (nSPS) is 16.5. The summed E-state index contributed by atoms with van der Waals surface area (Å²) >= 11 is 0. The van der Waals surface area contributed by atoms with Gasteiger partial charge in [0.05, 0.1) is 6.42 Å². The van der Waals surface area contributed by atoms with E-state index in [1.165, 1.54) is 32.1 Å². The van der Waals surface area contributed by atoms with Crippen molar-refractivity contribution in [2.45, 2.75) is 44.9 Å². The van der Waals surface area contributed by atoms with Crippen LogP contribution in [0.15, 0.2) is 0 Å². The van der Waals surface area contributed by atoms with Gasteiger partial charge in [-0.1, -0.05) is 32.1 Å². The molecule has 0 aromatic rings. The molecule has 1 rings (SSSR count). The van der Waals surface area contributed by atoms with E-state index in [4.69, 9.17) is 5.11 Å². The van der Waals surface area contributed by atoms with Crippen LogP contribution in [-0.4, -0.2) is 30.2 Å². The maximum atomic E-state index is 11.3. The lowest BCUT2D eigenvalue weighted by molar-refractivity contribution is -0.136. The van der Waals surface area contributed by atoms with Crippen LogP contribution >= 0.6 is 0 Å². The van der Waals surface area contributed by atoms with Gasteiger partial charge in [0.15, 0.2) is 0 Å². The molecule has 5 heteroatoms. The molecule has 2 amide bonds. The van der Waals surface area contributed by atoms with E-state index in [1.54, 1.807) is 0 Å². The van der Waals surface area contributed by atoms with E-state index in [1.807, 2.05) is 0 Å². The lowest BCUT2D eigenvalue weighted by Crippen LogP contribution is -2.37. The van der Waals surface area contributed by atoms with Gasteiger partial charge in [0.1, 0.15) is 0 Å². The molecule has 1 aliphatic carbocycles. The summed E-state index contributed by atoms with van der Waals surface area (Å²) in [4.78, 5) is 21.5. The SMILES string of the molecule is O=C(O)CCNC(=O)NCCC1CCCCC1. The summed E-state index contributed by atoms with van der Waals surface area (Å²) in [7, 11) is 0. The molecule has 1 fully saturated rings. The van der Waals surface area contributed by atoms with E-state index in [0.29, 0.717) is 6.54 Å². The summed E-state index contributed by atoms with van der Waals surface area (Å²) in [6.07, 6.45) is 7.54. The van der Waals surface area contributed by atoms with Crippen molar-refractivity contribution in [2.24, 2.45) is 5.92 Å². The number of aliphatic carboxylic acids is 1. The number of carboxylic acids is 1. The van der Waals surface area contributed by atoms with Crippen LogP contribution in [-0.2, 0) is 4.79 Å². The monoisotopic (exact) mass is 242 g/mol. The lowest BCUT2D eigenvalue weighted by atomic mass is 9.87. The van der Waals surface area contributed by atoms with Crippen molar-refractivity contribution in [1.82, 2.24) is 10.6 Å². The Bertz CT molecular complexity index is 250. The topological polar surface area (TPSA) is 78.4 Å². The number of hydrogen-bond acceptors (Lipinski definition) is 2. The summed E-state index contributed by atoms with van der Waals surface area (Å²) in [6.45, 7) is 0.869. The lowest BCUT2D eigenvalue weighted by Gasteiger charge is -2.21. The third-order valence-electron chi connectivity index (χ3n) is 3.19. The molecule has 0 aromatic carbocycles. The molecular formula is C12H22N2O3. The van der Waals surface area contributed by atoms with Crippen LogP contribution < -0.4 is 10.6 Å². The fourth-order valence-electron chi connectivity index (χ4n) is 2.21. The Kier molecular flexibility index (Phi) is 6.43. The number of nitrogens with one attached hydrogen (secondary N) is 2. The van der Waals surface area contributed by atoms with Crippen LogP contribution in [0.5, 0.6) is 0 Å². The number of hydrogen-bond donors (Lipinski definition) is 3. The van der Waals surface area contributed by atoms with E-state index in [2.05, 4.69) is 10.6 Å². The minimum Gasteiger partial charge on any atom is -0.481 e. The van der Waals surface area contributed by atoms with Crippen molar-refractivity contribution >= 4 is 12.0 Å². The van der Waals surface area contributed by atoms with Crippen molar-refractivity contribution in [3.05, 3.63) is 0 Å². The average Bonchev–Trinajstić information content (AvgIpc) is 2.30. The fraction of sp³-hybridized carbons (Fsp3) is 0.833. The molecule has 1 saturated carbocycles. The molecule has 0 aliphatic heterocycles. The van der Waals surface area contributed by atoms with E-state index in [0.717, 1.165) is 12.3 Å². The minimum atomic E-state index is -0.896. The van der Waals surface area contributed by atoms with Gasteiger partial charge in [-0.25, -0.2) is 4.79 Å². The third kappa shape index (κ3) is 6.81. The smallest absolute Gasteiger partial charge is 0.314 e. The summed E-state index contributed by atoms with van der Waals surface area (Å²) in [5.41, 5.74) is 0. The first kappa shape index (κ1) is 13.8. The van der Waals surface area contributed by atoms with Crippen LogP contribution in [0, 0.1) is 5.92 Å². The van der Waals surface area contributed by atoms with Crippen LogP contribution in [0.2, 0.25) is 0 Å². The molecule has 17 heavy (non-hydrogen) atoms. The molecule has 1 aliphatic rings. The van der Waals surface area contributed by atoms with Crippen molar-refractivity contribution in [1.29, 1.82) is 0 Å². The second-order valence-corrected chi connectivity index (χ2v) is 4.62. The van der Waals surface area contributed by atoms with Gasteiger partial charge in [-0.05, 0) is 12.3 Å². The zero-order chi connectivity index (χ0) is 12.5. The van der Waals surface area contributed by atoms with Gasteiger partial charge in [-0.2, -0.15) is 0 Å². The molecule has 98 valence electrons. The van der Waals surface area contributed by atoms with Gasteiger partial charge in [0.25, 0.3) is 0 Å². The highest BCUT2D eigenvalue weighted by atomic mass is 16.4. The van der Waals surface area contributed by atoms with E-state index >= 15 is 0 Å². The Morgan fingerprint density at radius 2 is 1.71 bits per heavy atom. The van der Waals surface area contributed by atoms with Crippen LogP contribution in [0.1, 0.15) is 44.9 Å². The number of carbonyl (C=O) groups is 2. The summed E-state index contributed by atoms with van der Waals surface area (Å²) < 4.78 is 0. The highest BCUT2D eigenvalue weighted by Gasteiger charge is 2.13. The summed E-state index contributed by atoms with van der Waals surface area (Å²) in [5.74, 6) is -0.143. The van der Waals surface area contributed by atoms with Gasteiger partial charge in [0, 0.05) is 13.1 Å². The van der Waals surface area contributed by atoms with Crippen LogP contribution in [0.25, 0.3) is 0 Å². The number of urea groups is 1. The zero-order valence-corrected chi connectivity index (χ0v) is 10.2. The number of rotatable bonds is 6. The standard InChI is InChI=1S/C12H22N2O3/c15-11(16)7-9-14-12(17)13-8-6-10-4-2-1-3-5-10/h10H,1-9H2,(H,15,16)(H2,13,14,17). The Balaban J connectivity index is 1.97. The van der Waals surface area contributed by atoms with E-state index < -0.39 is 5.97 Å². The van der Waals surface area contributed by atoms with Crippen LogP contribution in [0.4, 0.5) is 4.79 Å². The van der Waals surface area contributed by atoms with Gasteiger partial charge in [-0.3, -0.25) is 4.79 Å². The molecule has 0 aromatic heterocycles. The molecule has 0 unspecified atom stereocenters. The van der Waals surface area contributed by atoms with Crippen molar-refractivity contribution in [2.75, 3.05) is 13.1 Å². The summed E-state index contributed by atoms with van der Waals surface area (Å²) in [5, 5.41) is 13.7. The fourth-order valence-corrected chi connectivity index (χ4v) is 2.21. The molecule has 0 atom stereocenters. The maximum Gasteiger partial charge on any atom is 0.314 e. The highest BCUT2D eigenvalue weighted by molar-refractivity contribution is 5.74. The zero-order valence-electron chi connectivity index (χ0n) is 10.2. The molecule has 0 spiro atoms. The van der Waals surface area contributed by atoms with E-state index in [9.17, 15) is 9.59 Å². The van der Waals surface area contributed by atoms with Crippen molar-refractivity contribution < 1.29 is 14.7 Å². The van der Waals surface area contributed by atoms with Gasteiger partial charge in [0.2, 0.25) is 0 Å². The second kappa shape index (κ2) is 7.92. The Hall–Kier alpha value is -1.26. The molecule has 0 heterocycles. The first-order valence-corrected chi connectivity index (χ1v) is 6.42. The molecule has 0 saturated heterocycles. The van der Waals surface area contributed by atoms with Crippen molar-refractivity contribution in [3.8, 4) is 0 Å². The third-order valence-corrected chi connectivity index (χ3v) is 3.19. The van der Waals surface area contributed by atoms with Gasteiger partial charge < -0.3 is 15.7 Å². The molecule has 3 N–H and O–H groups in total. The van der Waals surface area contributed by atoms with Crippen LogP contribution in [0.3, 0.4) is 0 Å². The second-order valence-electron chi connectivity index (χ2n) is 4.62. The van der Waals surface area contributed by atoms with E-state index in [-0.39, 0.29) is 19.0 Å². The number of amides is 2. The number of carboxylic acid groups (broad SMARTS) is 1. The molecular weight excluding hydrogens is 220 g/mol. The molecule has 0 radical (unpaired) electrons. The molecule has 0 bridgehead atoms. The highest BCUT2D eigenvalue weighted by Crippen LogP contribution is 2.25.